The number of carbonyl (C=O) groups excluding carboxylic acids is 1. The molecule has 0 aliphatic heterocycles. The highest BCUT2D eigenvalue weighted by molar-refractivity contribution is 14.1. The molecular weight excluding hydrogens is 593 g/mol. The van der Waals surface area contributed by atoms with Crippen molar-refractivity contribution < 1.29 is 14.3 Å². The second-order valence-electron chi connectivity index (χ2n) is 8.55. The molecule has 0 radical (unpaired) electrons. The summed E-state index contributed by atoms with van der Waals surface area (Å²) in [4.78, 5) is 25.8. The van der Waals surface area contributed by atoms with Crippen LogP contribution in [0.5, 0.6) is 11.5 Å². The summed E-state index contributed by atoms with van der Waals surface area (Å²) in [5.74, 6) is 0.909. The zero-order valence-corrected chi connectivity index (χ0v) is 22.7. The molecule has 1 N–H and O–H groups in total. The minimum absolute atomic E-state index is 0.00572. The van der Waals surface area contributed by atoms with Gasteiger partial charge in [0.2, 0.25) is 0 Å². The van der Waals surface area contributed by atoms with Gasteiger partial charge >= 0.3 is 0 Å². The highest BCUT2D eigenvalue weighted by Gasteiger charge is 2.14. The fourth-order valence-corrected chi connectivity index (χ4v) is 5.07. The van der Waals surface area contributed by atoms with Gasteiger partial charge in [-0.15, -0.1) is 0 Å². The van der Waals surface area contributed by atoms with E-state index >= 15 is 0 Å². The van der Waals surface area contributed by atoms with E-state index in [0.29, 0.717) is 39.9 Å². The summed E-state index contributed by atoms with van der Waals surface area (Å²) in [6.45, 7) is 0.427. The molecule has 38 heavy (non-hydrogen) atoms. The number of amides is 1. The first-order valence-corrected chi connectivity index (χ1v) is 13.0. The van der Waals surface area contributed by atoms with Crippen molar-refractivity contribution >= 4 is 56.5 Å². The molecule has 0 unspecified atom stereocenters. The van der Waals surface area contributed by atoms with Gasteiger partial charge in [-0.3, -0.25) is 9.59 Å². The van der Waals surface area contributed by atoms with Crippen LogP contribution in [0.2, 0.25) is 0 Å². The van der Waals surface area contributed by atoms with Gasteiger partial charge in [-0.25, -0.2) is 5.43 Å². The number of para-hydroxylation sites is 2. The van der Waals surface area contributed by atoms with Crippen LogP contribution in [-0.4, -0.2) is 23.8 Å². The van der Waals surface area contributed by atoms with Crippen LogP contribution >= 0.6 is 22.6 Å². The van der Waals surface area contributed by atoms with E-state index in [1.165, 1.54) is 0 Å². The van der Waals surface area contributed by atoms with E-state index < -0.39 is 0 Å². The Kier molecular flexibility index (Phi) is 7.69. The average molecular weight is 617 g/mol. The first-order valence-electron chi connectivity index (χ1n) is 11.9. The quantitative estimate of drug-likeness (QED) is 0.108. The molecule has 7 nitrogen and oxygen atoms in total. The van der Waals surface area contributed by atoms with Crippen LogP contribution in [0, 0.1) is 3.57 Å². The molecular formula is C30H24IN3O4. The number of halogens is 1. The SMILES string of the molecule is COc1cc(/C=N\NC(=O)Cn2c3ccccc3c(=O)c3ccccc32)cc(I)c1OCc1ccccc1. The second kappa shape index (κ2) is 11.5. The number of rotatable bonds is 8. The molecule has 1 amide bonds. The number of methoxy groups -OCH3 is 1. The molecule has 5 rings (SSSR count). The number of ether oxygens (including phenoxy) is 2. The minimum atomic E-state index is -0.315. The van der Waals surface area contributed by atoms with E-state index in [0.717, 1.165) is 14.7 Å². The van der Waals surface area contributed by atoms with Gasteiger partial charge in [0.25, 0.3) is 5.91 Å². The zero-order chi connectivity index (χ0) is 26.5. The Bertz CT molecular complexity index is 1650. The summed E-state index contributed by atoms with van der Waals surface area (Å²) in [5, 5.41) is 5.29. The summed E-state index contributed by atoms with van der Waals surface area (Å²) >= 11 is 2.19. The summed E-state index contributed by atoms with van der Waals surface area (Å²) in [6.07, 6.45) is 1.56. The Morgan fingerprint density at radius 3 is 2.24 bits per heavy atom. The van der Waals surface area contributed by atoms with Gasteiger partial charge in [0.1, 0.15) is 13.2 Å². The predicted octanol–water partition coefficient (Wildman–Crippen LogP) is 5.50. The van der Waals surface area contributed by atoms with Crippen molar-refractivity contribution in [3.8, 4) is 11.5 Å². The van der Waals surface area contributed by atoms with E-state index in [1.807, 2.05) is 77.4 Å². The van der Waals surface area contributed by atoms with Crippen LogP contribution in [0.25, 0.3) is 21.8 Å². The monoisotopic (exact) mass is 617 g/mol. The van der Waals surface area contributed by atoms with Crippen LogP contribution in [0.15, 0.2) is 101 Å². The molecule has 0 fully saturated rings. The van der Waals surface area contributed by atoms with E-state index in [4.69, 9.17) is 9.47 Å². The van der Waals surface area contributed by atoms with Gasteiger partial charge in [0.15, 0.2) is 16.9 Å². The highest BCUT2D eigenvalue weighted by atomic mass is 127. The van der Waals surface area contributed by atoms with Gasteiger partial charge < -0.3 is 14.0 Å². The molecule has 4 aromatic carbocycles. The fraction of sp³-hybridized carbons (Fsp3) is 0.100. The zero-order valence-electron chi connectivity index (χ0n) is 20.6. The number of fused-ring (bicyclic) bond motifs is 2. The predicted molar refractivity (Wildman–Crippen MR) is 158 cm³/mol. The molecule has 0 bridgehead atoms. The molecule has 0 spiro atoms. The Hall–Kier alpha value is -4.18. The lowest BCUT2D eigenvalue weighted by Gasteiger charge is -2.14. The fourth-order valence-electron chi connectivity index (χ4n) is 4.29. The van der Waals surface area contributed by atoms with Crippen molar-refractivity contribution in [2.24, 2.45) is 5.10 Å². The first-order chi connectivity index (χ1) is 18.5. The van der Waals surface area contributed by atoms with Gasteiger partial charge in [-0.2, -0.15) is 5.10 Å². The number of pyridine rings is 1. The van der Waals surface area contributed by atoms with Crippen LogP contribution in [0.1, 0.15) is 11.1 Å². The maximum atomic E-state index is 12.9. The summed E-state index contributed by atoms with van der Waals surface area (Å²) < 4.78 is 14.3. The molecule has 1 heterocycles. The van der Waals surface area contributed by atoms with Gasteiger partial charge in [0.05, 0.1) is 27.9 Å². The largest absolute Gasteiger partial charge is 0.493 e. The third-order valence-electron chi connectivity index (χ3n) is 6.06. The van der Waals surface area contributed by atoms with E-state index in [9.17, 15) is 9.59 Å². The van der Waals surface area contributed by atoms with E-state index in [-0.39, 0.29) is 17.9 Å². The lowest BCUT2D eigenvalue weighted by Crippen LogP contribution is -2.25. The van der Waals surface area contributed by atoms with Crippen molar-refractivity contribution in [3.63, 3.8) is 0 Å². The number of hydrogen-bond donors (Lipinski definition) is 1. The standard InChI is InChI=1S/C30H24IN3O4/c1-37-27-16-21(15-24(31)30(27)38-19-20-9-3-2-4-10-20)17-32-33-28(35)18-34-25-13-7-5-11-22(25)29(36)23-12-6-8-14-26(23)34/h2-17H,18-19H2,1H3,(H,33,35)/b32-17-. The average Bonchev–Trinajstić information content (AvgIpc) is 2.95. The number of benzene rings is 4. The Morgan fingerprint density at radius 1 is 0.947 bits per heavy atom. The molecule has 0 atom stereocenters. The van der Waals surface area contributed by atoms with Crippen molar-refractivity contribution in [1.29, 1.82) is 0 Å². The molecule has 0 aliphatic rings. The van der Waals surface area contributed by atoms with Crippen LogP contribution in [0.3, 0.4) is 0 Å². The van der Waals surface area contributed by atoms with Crippen LogP contribution < -0.4 is 20.3 Å². The maximum absolute atomic E-state index is 12.9. The normalized spacial score (nSPS) is 11.2. The summed E-state index contributed by atoms with van der Waals surface area (Å²) in [6, 6.07) is 28.2. The van der Waals surface area contributed by atoms with E-state index in [2.05, 4.69) is 33.1 Å². The van der Waals surface area contributed by atoms with Crippen molar-refractivity contribution in [2.75, 3.05) is 7.11 Å². The molecule has 0 saturated heterocycles. The number of carbonyl (C=O) groups is 1. The molecule has 1 aromatic heterocycles. The van der Waals surface area contributed by atoms with Crippen molar-refractivity contribution in [2.45, 2.75) is 13.2 Å². The molecule has 190 valence electrons. The number of aromatic nitrogens is 1. The van der Waals surface area contributed by atoms with Gasteiger partial charge in [-0.05, 0) is 70.1 Å². The highest BCUT2D eigenvalue weighted by Crippen LogP contribution is 2.34. The Labute approximate surface area is 232 Å². The van der Waals surface area contributed by atoms with Crippen molar-refractivity contribution in [3.05, 3.63) is 116 Å². The Morgan fingerprint density at radius 2 is 1.58 bits per heavy atom. The van der Waals surface area contributed by atoms with Crippen LogP contribution in [-0.2, 0) is 17.9 Å². The number of nitrogens with one attached hydrogen (secondary N) is 1. The van der Waals surface area contributed by atoms with E-state index in [1.54, 1.807) is 31.5 Å². The third-order valence-corrected chi connectivity index (χ3v) is 6.86. The maximum Gasteiger partial charge on any atom is 0.260 e. The van der Waals surface area contributed by atoms with Crippen LogP contribution in [0.4, 0.5) is 0 Å². The topological polar surface area (TPSA) is 81.9 Å². The number of hydrogen-bond acceptors (Lipinski definition) is 5. The first kappa shape index (κ1) is 25.5. The molecule has 0 saturated carbocycles. The second-order valence-corrected chi connectivity index (χ2v) is 9.71. The number of nitrogens with zero attached hydrogens (tertiary/aromatic N) is 2. The smallest absolute Gasteiger partial charge is 0.260 e. The van der Waals surface area contributed by atoms with Gasteiger partial charge in [0, 0.05) is 10.8 Å². The molecule has 0 aliphatic carbocycles. The summed E-state index contributed by atoms with van der Waals surface area (Å²) in [7, 11) is 1.59. The summed E-state index contributed by atoms with van der Waals surface area (Å²) in [5.41, 5.74) is 5.74. The third kappa shape index (κ3) is 5.40. The van der Waals surface area contributed by atoms with Gasteiger partial charge in [-0.1, -0.05) is 54.6 Å². The molecule has 8 heteroatoms. The van der Waals surface area contributed by atoms with Crippen molar-refractivity contribution in [1.82, 2.24) is 9.99 Å². The Balaban J connectivity index is 1.33. The lowest BCUT2D eigenvalue weighted by atomic mass is 10.1. The number of hydrazone groups is 1. The molecule has 5 aromatic rings. The lowest BCUT2D eigenvalue weighted by molar-refractivity contribution is -0.121. The minimum Gasteiger partial charge on any atom is -0.493 e.